The summed E-state index contributed by atoms with van der Waals surface area (Å²) in [4.78, 5) is -0.249. The van der Waals surface area contributed by atoms with Gasteiger partial charge in [-0.1, -0.05) is 45.7 Å². The molecule has 0 saturated heterocycles. The van der Waals surface area contributed by atoms with Gasteiger partial charge in [0.2, 0.25) is 0 Å². The molecule has 0 aliphatic carbocycles. The number of hydrogen-bond donors (Lipinski definition) is 2. The lowest BCUT2D eigenvalue weighted by Gasteiger charge is -2.15. The number of ether oxygens (including phenoxy) is 1. The summed E-state index contributed by atoms with van der Waals surface area (Å²) in [7, 11) is -6.64. The van der Waals surface area contributed by atoms with Gasteiger partial charge >= 0.3 is 0 Å². The Hall–Kier alpha value is -2.27. The molecule has 3 aromatic carbocycles. The van der Waals surface area contributed by atoms with Crippen LogP contribution in [0.5, 0.6) is 5.75 Å². The third-order valence-electron chi connectivity index (χ3n) is 4.30. The highest BCUT2D eigenvalue weighted by molar-refractivity contribution is 9.10. The second-order valence-electron chi connectivity index (χ2n) is 6.46. The van der Waals surface area contributed by atoms with Crippen LogP contribution < -0.4 is 14.2 Å². The van der Waals surface area contributed by atoms with Gasteiger partial charge in [0.1, 0.15) is 10.6 Å². The fraction of sp³-hybridized carbons (Fsp3) is 0.100. The molecule has 3 rings (SSSR count). The highest BCUT2D eigenvalue weighted by Crippen LogP contribution is 2.30. The van der Waals surface area contributed by atoms with Gasteiger partial charge in [-0.2, -0.15) is 0 Å². The van der Waals surface area contributed by atoms with E-state index >= 15 is 0 Å². The lowest BCUT2D eigenvalue weighted by atomic mass is 10.2. The molecular formula is C20H18BrClN2O5S2. The van der Waals surface area contributed by atoms with E-state index in [0.717, 1.165) is 0 Å². The van der Waals surface area contributed by atoms with Crippen molar-refractivity contribution in [3.05, 3.63) is 75.7 Å². The molecular weight excluding hydrogens is 528 g/mol. The van der Waals surface area contributed by atoms with Crippen LogP contribution in [0.25, 0.3) is 0 Å². The summed E-state index contributed by atoms with van der Waals surface area (Å²) in [5.74, 6) is 0.351. The molecule has 7 nitrogen and oxygen atoms in total. The van der Waals surface area contributed by atoms with E-state index in [2.05, 4.69) is 25.4 Å². The molecule has 0 bridgehead atoms. The highest BCUT2D eigenvalue weighted by Gasteiger charge is 2.22. The Kier molecular flexibility index (Phi) is 6.85. The summed E-state index contributed by atoms with van der Waals surface area (Å²) < 4.78 is 62.1. The van der Waals surface area contributed by atoms with Crippen LogP contribution in [0.15, 0.2) is 74.9 Å². The molecule has 164 valence electrons. The van der Waals surface area contributed by atoms with E-state index in [1.807, 2.05) is 0 Å². The van der Waals surface area contributed by atoms with Crippen LogP contribution in [0.3, 0.4) is 0 Å². The molecule has 11 heteroatoms. The third kappa shape index (κ3) is 5.32. The summed E-state index contributed by atoms with van der Waals surface area (Å²) in [6.07, 6.45) is 0. The maximum Gasteiger partial charge on any atom is 0.263 e. The number of para-hydroxylation sites is 2. The second kappa shape index (κ2) is 9.07. The Morgan fingerprint density at radius 2 is 1.55 bits per heavy atom. The van der Waals surface area contributed by atoms with Gasteiger partial charge in [-0.3, -0.25) is 9.44 Å². The average molecular weight is 546 g/mol. The molecule has 0 unspecified atom stereocenters. The zero-order chi connectivity index (χ0) is 22.8. The van der Waals surface area contributed by atoms with Gasteiger partial charge in [0.15, 0.2) is 0 Å². The summed E-state index contributed by atoms with van der Waals surface area (Å²) in [5.41, 5.74) is 0.907. The van der Waals surface area contributed by atoms with Gasteiger partial charge < -0.3 is 4.74 Å². The average Bonchev–Trinajstić information content (AvgIpc) is 2.69. The van der Waals surface area contributed by atoms with E-state index < -0.39 is 20.0 Å². The topological polar surface area (TPSA) is 102 Å². The van der Waals surface area contributed by atoms with Crippen molar-refractivity contribution in [1.82, 2.24) is 0 Å². The van der Waals surface area contributed by atoms with E-state index in [0.29, 0.717) is 15.8 Å². The van der Waals surface area contributed by atoms with Gasteiger partial charge in [0, 0.05) is 4.47 Å². The minimum absolute atomic E-state index is 0.0288. The van der Waals surface area contributed by atoms with Crippen LogP contribution in [0, 0.1) is 6.92 Å². The lowest BCUT2D eigenvalue weighted by Crippen LogP contribution is -2.17. The Morgan fingerprint density at radius 3 is 2.23 bits per heavy atom. The molecule has 0 fully saturated rings. The fourth-order valence-corrected chi connectivity index (χ4v) is 5.96. The van der Waals surface area contributed by atoms with E-state index in [9.17, 15) is 16.8 Å². The van der Waals surface area contributed by atoms with Gasteiger partial charge in [-0.15, -0.1) is 0 Å². The molecule has 0 heterocycles. The van der Waals surface area contributed by atoms with Crippen LogP contribution in [0.1, 0.15) is 5.56 Å². The van der Waals surface area contributed by atoms with Gasteiger partial charge in [0.25, 0.3) is 20.0 Å². The number of methoxy groups -OCH3 is 1. The Morgan fingerprint density at radius 1 is 0.871 bits per heavy atom. The molecule has 0 aliphatic rings. The summed E-state index contributed by atoms with van der Waals surface area (Å²) in [6, 6.07) is 15.1. The summed E-state index contributed by atoms with van der Waals surface area (Å²) >= 11 is 9.30. The smallest absolute Gasteiger partial charge is 0.263 e. The normalized spacial score (nSPS) is 11.7. The number of hydrogen-bond acceptors (Lipinski definition) is 5. The number of halogens is 2. The molecule has 0 aromatic heterocycles. The van der Waals surface area contributed by atoms with Gasteiger partial charge in [0.05, 0.1) is 28.4 Å². The molecule has 2 N–H and O–H groups in total. The standard InChI is InChI=1S/C20H18BrClN2O5S2/c1-13-7-9-15(30(25,26)23-17-5-3-4-6-19(17)29-2)12-18(13)24-31(27,28)20-10-8-14(21)11-16(20)22/h3-12,23-24H,1-2H3. The van der Waals surface area contributed by atoms with Crippen molar-refractivity contribution < 1.29 is 21.6 Å². The Labute approximate surface area is 194 Å². The van der Waals surface area contributed by atoms with Crippen molar-refractivity contribution in [1.29, 1.82) is 0 Å². The summed E-state index contributed by atoms with van der Waals surface area (Å²) in [6.45, 7) is 1.66. The van der Waals surface area contributed by atoms with Crippen LogP contribution in [-0.2, 0) is 20.0 Å². The number of anilines is 2. The number of nitrogens with one attached hydrogen (secondary N) is 2. The number of benzene rings is 3. The first-order valence-corrected chi connectivity index (χ1v) is 12.9. The zero-order valence-electron chi connectivity index (χ0n) is 16.4. The maximum absolute atomic E-state index is 12.9. The van der Waals surface area contributed by atoms with Crippen molar-refractivity contribution in [2.45, 2.75) is 16.7 Å². The number of sulfonamides is 2. The number of aryl methyl sites for hydroxylation is 1. The first kappa shape index (κ1) is 23.4. The summed E-state index contributed by atoms with van der Waals surface area (Å²) in [5, 5.41) is 0.0288. The van der Waals surface area contributed by atoms with Crippen molar-refractivity contribution in [3.8, 4) is 5.75 Å². The van der Waals surface area contributed by atoms with Gasteiger partial charge in [-0.25, -0.2) is 16.8 Å². The molecule has 0 aliphatic heterocycles. The maximum atomic E-state index is 12.9. The van der Waals surface area contributed by atoms with Crippen LogP contribution in [-0.4, -0.2) is 23.9 Å². The van der Waals surface area contributed by atoms with E-state index in [1.54, 1.807) is 37.3 Å². The predicted octanol–water partition coefficient (Wildman–Crippen LogP) is 5.02. The first-order valence-electron chi connectivity index (χ1n) is 8.78. The first-order chi connectivity index (χ1) is 14.5. The molecule has 0 atom stereocenters. The van der Waals surface area contributed by atoms with Crippen LogP contribution in [0.4, 0.5) is 11.4 Å². The van der Waals surface area contributed by atoms with Crippen LogP contribution in [0.2, 0.25) is 5.02 Å². The van der Waals surface area contributed by atoms with E-state index in [1.165, 1.54) is 37.4 Å². The van der Waals surface area contributed by atoms with Crippen molar-refractivity contribution >= 4 is 59.0 Å². The third-order valence-corrected chi connectivity index (χ3v) is 8.00. The fourth-order valence-electron chi connectivity index (χ4n) is 2.70. The Bertz CT molecular complexity index is 1350. The largest absolute Gasteiger partial charge is 0.495 e. The van der Waals surface area contributed by atoms with Crippen molar-refractivity contribution in [2.75, 3.05) is 16.6 Å². The molecule has 31 heavy (non-hydrogen) atoms. The quantitative estimate of drug-likeness (QED) is 0.434. The SMILES string of the molecule is COc1ccccc1NS(=O)(=O)c1ccc(C)c(NS(=O)(=O)c2ccc(Br)cc2Cl)c1. The Balaban J connectivity index is 1.96. The second-order valence-corrected chi connectivity index (χ2v) is 11.1. The van der Waals surface area contributed by atoms with Gasteiger partial charge in [-0.05, 0) is 55.0 Å². The molecule has 0 radical (unpaired) electrons. The van der Waals surface area contributed by atoms with Crippen molar-refractivity contribution in [3.63, 3.8) is 0 Å². The zero-order valence-corrected chi connectivity index (χ0v) is 20.4. The lowest BCUT2D eigenvalue weighted by molar-refractivity contribution is 0.417. The predicted molar refractivity (Wildman–Crippen MR) is 125 cm³/mol. The number of rotatable bonds is 7. The molecule has 0 amide bonds. The van der Waals surface area contributed by atoms with E-state index in [4.69, 9.17) is 16.3 Å². The molecule has 3 aromatic rings. The van der Waals surface area contributed by atoms with Crippen LogP contribution >= 0.6 is 27.5 Å². The monoisotopic (exact) mass is 544 g/mol. The van der Waals surface area contributed by atoms with Crippen molar-refractivity contribution in [2.24, 2.45) is 0 Å². The highest BCUT2D eigenvalue weighted by atomic mass is 79.9. The van der Waals surface area contributed by atoms with E-state index in [-0.39, 0.29) is 26.2 Å². The minimum Gasteiger partial charge on any atom is -0.495 e. The minimum atomic E-state index is -4.05. The molecule has 0 saturated carbocycles. The molecule has 0 spiro atoms.